The van der Waals surface area contributed by atoms with Gasteiger partial charge in [-0.3, -0.25) is 4.79 Å². The maximum atomic E-state index is 13.2. The van der Waals surface area contributed by atoms with Crippen LogP contribution in [0.4, 0.5) is 16.6 Å². The minimum absolute atomic E-state index is 0.0222. The molecule has 4 rings (SSSR count). The summed E-state index contributed by atoms with van der Waals surface area (Å²) in [7, 11) is 1.52. The quantitative estimate of drug-likeness (QED) is 0.0729. The Morgan fingerprint density at radius 3 is 2.63 bits per heavy atom. The van der Waals surface area contributed by atoms with E-state index in [2.05, 4.69) is 40.2 Å². The first-order valence-corrected chi connectivity index (χ1v) is 16.1. The van der Waals surface area contributed by atoms with E-state index in [0.29, 0.717) is 48.4 Å². The fourth-order valence-electron chi connectivity index (χ4n) is 5.03. The number of hydrogen-bond donors (Lipinski definition) is 2. The summed E-state index contributed by atoms with van der Waals surface area (Å²) in [6.07, 6.45) is 4.63. The Bertz CT molecular complexity index is 1640. The third kappa shape index (κ3) is 12.2. The van der Waals surface area contributed by atoms with Crippen LogP contribution in [0.2, 0.25) is 5.02 Å². The summed E-state index contributed by atoms with van der Waals surface area (Å²) in [6, 6.07) is 6.70. The zero-order valence-corrected chi connectivity index (χ0v) is 28.2. The number of benzene rings is 1. The lowest BCUT2D eigenvalue weighted by atomic mass is 10.2. The SMILES string of the molecule is COc1ccc(CNc2nc(N3CCCC3COC(=O)OCCCCC(CO[N+](=O)[O-])O[N+](=O)[O-])ncc2C(=O)NCc2ncccn2)cc1Cl. The van der Waals surface area contributed by atoms with Crippen LogP contribution < -0.4 is 20.3 Å². The van der Waals surface area contributed by atoms with Crippen LogP contribution in [-0.2, 0) is 32.2 Å². The molecule has 51 heavy (non-hydrogen) atoms. The second kappa shape index (κ2) is 19.4. The van der Waals surface area contributed by atoms with Gasteiger partial charge in [-0.25, -0.2) is 19.7 Å². The molecule has 0 bridgehead atoms. The molecule has 3 heterocycles. The van der Waals surface area contributed by atoms with E-state index < -0.39 is 34.9 Å². The van der Waals surface area contributed by atoms with Gasteiger partial charge in [0.25, 0.3) is 16.1 Å². The Morgan fingerprint density at radius 1 is 1.10 bits per heavy atom. The highest BCUT2D eigenvalue weighted by molar-refractivity contribution is 6.32. The van der Waals surface area contributed by atoms with Crippen LogP contribution in [0, 0.1) is 20.2 Å². The van der Waals surface area contributed by atoms with Crippen LogP contribution in [0.15, 0.2) is 42.9 Å². The van der Waals surface area contributed by atoms with Gasteiger partial charge in [-0.1, -0.05) is 17.7 Å². The number of carbonyl (C=O) groups excluding carboxylic acids is 2. The number of nitrogens with one attached hydrogen (secondary N) is 2. The maximum Gasteiger partial charge on any atom is 0.508 e. The predicted octanol–water partition coefficient (Wildman–Crippen LogP) is 3.55. The smallest absolute Gasteiger partial charge is 0.495 e. The molecule has 2 unspecified atom stereocenters. The summed E-state index contributed by atoms with van der Waals surface area (Å²) in [5, 5.41) is 25.3. The lowest BCUT2D eigenvalue weighted by Crippen LogP contribution is -2.35. The Labute approximate surface area is 296 Å². The van der Waals surface area contributed by atoms with Crippen molar-refractivity contribution >= 4 is 35.4 Å². The molecule has 0 spiro atoms. The molecule has 1 aliphatic rings. The van der Waals surface area contributed by atoms with Crippen molar-refractivity contribution in [1.29, 1.82) is 0 Å². The first-order valence-electron chi connectivity index (χ1n) is 15.7. The van der Waals surface area contributed by atoms with Gasteiger partial charge in [0.05, 0.1) is 31.3 Å². The second-order valence-electron chi connectivity index (χ2n) is 11.0. The molecule has 274 valence electrons. The molecule has 21 heteroatoms. The Hall–Kier alpha value is -5.79. The molecule has 0 radical (unpaired) electrons. The largest absolute Gasteiger partial charge is 0.508 e. The molecule has 0 aliphatic carbocycles. The van der Waals surface area contributed by atoms with Crippen LogP contribution in [0.5, 0.6) is 5.75 Å². The molecule has 3 aromatic rings. The first kappa shape index (κ1) is 38.0. The van der Waals surface area contributed by atoms with Gasteiger partial charge in [0.2, 0.25) is 5.95 Å². The standard InChI is InChI=1S/C30H36ClN9O11/c1-47-25-9-8-20(14-24(25)31)15-34-27-23(28(41)35-17-26-32-10-5-11-33-26)16-36-29(37-27)38-12-4-6-21(38)18-49-30(42)48-13-3-2-7-22(51-40(45)46)19-50-39(43)44/h5,8-11,14,16,21-22H,2-4,6-7,12-13,15,17-19H2,1H3,(H,35,41)(H,34,36,37). The summed E-state index contributed by atoms with van der Waals surface area (Å²) in [6.45, 7) is 0.258. The van der Waals surface area contributed by atoms with Gasteiger partial charge in [0, 0.05) is 31.7 Å². The summed E-state index contributed by atoms with van der Waals surface area (Å²) in [4.78, 5) is 74.3. The molecule has 1 aliphatic heterocycles. The van der Waals surface area contributed by atoms with E-state index in [4.69, 9.17) is 25.8 Å². The van der Waals surface area contributed by atoms with E-state index in [0.717, 1.165) is 12.0 Å². The number of aromatic nitrogens is 4. The van der Waals surface area contributed by atoms with E-state index in [1.54, 1.807) is 30.6 Å². The number of ether oxygens (including phenoxy) is 3. The highest BCUT2D eigenvalue weighted by Gasteiger charge is 2.29. The van der Waals surface area contributed by atoms with Gasteiger partial charge >= 0.3 is 6.16 Å². The number of nitrogens with zero attached hydrogens (tertiary/aromatic N) is 7. The van der Waals surface area contributed by atoms with Gasteiger partial charge in [-0.2, -0.15) is 4.98 Å². The maximum absolute atomic E-state index is 13.2. The van der Waals surface area contributed by atoms with Gasteiger partial charge < -0.3 is 39.4 Å². The van der Waals surface area contributed by atoms with Crippen molar-refractivity contribution in [2.45, 2.75) is 57.3 Å². The summed E-state index contributed by atoms with van der Waals surface area (Å²) < 4.78 is 15.7. The predicted molar refractivity (Wildman–Crippen MR) is 177 cm³/mol. The van der Waals surface area contributed by atoms with Gasteiger partial charge in [-0.15, -0.1) is 20.2 Å². The van der Waals surface area contributed by atoms with Crippen molar-refractivity contribution in [2.24, 2.45) is 0 Å². The molecular formula is C30H36ClN9O11. The number of unbranched alkanes of at least 4 members (excludes halogenated alkanes) is 1. The van der Waals surface area contributed by atoms with Crippen molar-refractivity contribution in [3.8, 4) is 5.75 Å². The zero-order valence-electron chi connectivity index (χ0n) is 27.5. The lowest BCUT2D eigenvalue weighted by molar-refractivity contribution is -0.790. The Balaban J connectivity index is 1.34. The number of hydrogen-bond acceptors (Lipinski definition) is 17. The van der Waals surface area contributed by atoms with Crippen LogP contribution in [0.25, 0.3) is 0 Å². The average Bonchev–Trinajstić information content (AvgIpc) is 3.60. The van der Waals surface area contributed by atoms with E-state index in [-0.39, 0.29) is 50.1 Å². The first-order chi connectivity index (χ1) is 24.6. The van der Waals surface area contributed by atoms with Crippen molar-refractivity contribution < 1.29 is 43.6 Å². The van der Waals surface area contributed by atoms with Gasteiger partial charge in [0.15, 0.2) is 0 Å². The summed E-state index contributed by atoms with van der Waals surface area (Å²) >= 11 is 6.31. The molecule has 20 nitrogen and oxygen atoms in total. The zero-order chi connectivity index (χ0) is 36.6. The van der Waals surface area contributed by atoms with E-state index in [1.165, 1.54) is 13.3 Å². The Morgan fingerprint density at radius 2 is 1.90 bits per heavy atom. The third-order valence-corrected chi connectivity index (χ3v) is 7.79. The number of amides is 1. The minimum Gasteiger partial charge on any atom is -0.495 e. The third-order valence-electron chi connectivity index (χ3n) is 7.49. The van der Waals surface area contributed by atoms with Crippen LogP contribution >= 0.6 is 11.6 Å². The topological polar surface area (TPSA) is 245 Å². The normalized spacial score (nSPS) is 14.2. The number of rotatable bonds is 20. The van der Waals surface area contributed by atoms with E-state index in [1.807, 2.05) is 11.0 Å². The van der Waals surface area contributed by atoms with Crippen LogP contribution in [0.1, 0.15) is 53.8 Å². The van der Waals surface area contributed by atoms with Gasteiger partial charge in [0.1, 0.15) is 42.3 Å². The highest BCUT2D eigenvalue weighted by Crippen LogP contribution is 2.27. The molecule has 1 aromatic carbocycles. The summed E-state index contributed by atoms with van der Waals surface area (Å²) in [5.74, 6) is 1.09. The molecule has 0 saturated carbocycles. The number of halogens is 1. The summed E-state index contributed by atoms with van der Waals surface area (Å²) in [5.41, 5.74) is 0.996. The average molecular weight is 734 g/mol. The highest BCUT2D eigenvalue weighted by atomic mass is 35.5. The van der Waals surface area contributed by atoms with Crippen molar-refractivity contribution in [1.82, 2.24) is 25.3 Å². The van der Waals surface area contributed by atoms with Crippen LogP contribution in [-0.4, -0.2) is 87.8 Å². The molecular weight excluding hydrogens is 698 g/mol. The van der Waals surface area contributed by atoms with Crippen molar-refractivity contribution in [2.75, 3.05) is 43.7 Å². The molecule has 1 amide bonds. The number of methoxy groups -OCH3 is 1. The van der Waals surface area contributed by atoms with E-state index >= 15 is 0 Å². The van der Waals surface area contributed by atoms with Crippen molar-refractivity contribution in [3.63, 3.8) is 0 Å². The van der Waals surface area contributed by atoms with Crippen LogP contribution in [0.3, 0.4) is 0 Å². The fraction of sp³-hybridized carbons (Fsp3) is 0.467. The van der Waals surface area contributed by atoms with E-state index in [9.17, 15) is 29.8 Å². The lowest BCUT2D eigenvalue weighted by Gasteiger charge is -2.25. The Kier molecular flexibility index (Phi) is 14.5. The monoisotopic (exact) mass is 733 g/mol. The molecule has 1 fully saturated rings. The molecule has 2 atom stereocenters. The molecule has 2 N–H and O–H groups in total. The number of carbonyl (C=O) groups is 2. The van der Waals surface area contributed by atoms with Crippen molar-refractivity contribution in [3.05, 3.63) is 85.1 Å². The number of anilines is 2. The molecule has 2 aromatic heterocycles. The minimum atomic E-state index is -1.14. The molecule has 1 saturated heterocycles. The fourth-order valence-corrected chi connectivity index (χ4v) is 5.31. The van der Waals surface area contributed by atoms with Gasteiger partial charge in [-0.05, 0) is 55.9 Å². The second-order valence-corrected chi connectivity index (χ2v) is 11.4.